The van der Waals surface area contributed by atoms with Crippen molar-refractivity contribution in [1.82, 2.24) is 39.9 Å². The van der Waals surface area contributed by atoms with E-state index in [2.05, 4.69) is 30.2 Å². The number of aromatic amines is 2. The van der Waals surface area contributed by atoms with Crippen molar-refractivity contribution in [3.05, 3.63) is 53.9 Å². The molecule has 6 aromatic heterocycles. The van der Waals surface area contributed by atoms with Gasteiger partial charge in [-0.2, -0.15) is 10.2 Å². The Labute approximate surface area is 185 Å². The molecule has 0 fully saturated rings. The van der Waals surface area contributed by atoms with Gasteiger partial charge in [0.05, 0.1) is 26.9 Å². The van der Waals surface area contributed by atoms with Crippen LogP contribution in [0.3, 0.4) is 0 Å². The van der Waals surface area contributed by atoms with E-state index in [0.29, 0.717) is 22.0 Å². The minimum Gasteiger partial charge on any atom is -0.336 e. The summed E-state index contributed by atoms with van der Waals surface area (Å²) in [6.07, 6.45) is 7.28. The molecule has 0 aromatic carbocycles. The first kappa shape index (κ1) is 18.6. The van der Waals surface area contributed by atoms with E-state index in [1.54, 1.807) is 30.2 Å². The summed E-state index contributed by atoms with van der Waals surface area (Å²) in [5.74, 6) is 0.657. The van der Waals surface area contributed by atoms with Gasteiger partial charge in [-0.15, -0.1) is 11.3 Å². The highest BCUT2D eigenvalue weighted by atomic mass is 32.1. The van der Waals surface area contributed by atoms with Gasteiger partial charge in [-0.25, -0.2) is 9.97 Å². The van der Waals surface area contributed by atoms with Crippen LogP contribution < -0.4 is 0 Å². The second-order valence-corrected chi connectivity index (χ2v) is 8.54. The summed E-state index contributed by atoms with van der Waals surface area (Å²) < 4.78 is 1.76. The number of imidazole rings is 1. The summed E-state index contributed by atoms with van der Waals surface area (Å²) in [7, 11) is 1.88. The number of carbonyl (C=O) groups is 1. The lowest BCUT2D eigenvalue weighted by molar-refractivity contribution is 0.102. The average Bonchev–Trinajstić information content (AvgIpc) is 3.56. The maximum Gasteiger partial charge on any atom is 0.169 e. The summed E-state index contributed by atoms with van der Waals surface area (Å²) in [6, 6.07) is 7.64. The van der Waals surface area contributed by atoms with Gasteiger partial charge < -0.3 is 4.98 Å². The summed E-state index contributed by atoms with van der Waals surface area (Å²) >= 11 is 1.41. The van der Waals surface area contributed by atoms with Crippen molar-refractivity contribution in [2.24, 2.45) is 7.05 Å². The molecule has 0 radical (unpaired) electrons. The van der Waals surface area contributed by atoms with Crippen LogP contribution in [0.2, 0.25) is 0 Å². The normalized spacial score (nSPS) is 11.6. The van der Waals surface area contributed by atoms with Crippen LogP contribution in [0, 0.1) is 0 Å². The fourth-order valence-corrected chi connectivity index (χ4v) is 4.59. The number of ketones is 1. The fourth-order valence-electron chi connectivity index (χ4n) is 3.69. The lowest BCUT2D eigenvalue weighted by atomic mass is 10.1. The number of thiophene rings is 1. The molecular formula is C22H16N8OS. The average molecular weight is 440 g/mol. The fraction of sp³-hybridized carbons (Fsp3) is 0.0909. The maximum atomic E-state index is 11.7. The van der Waals surface area contributed by atoms with Crippen molar-refractivity contribution in [1.29, 1.82) is 0 Å². The third-order valence-electron chi connectivity index (χ3n) is 5.27. The van der Waals surface area contributed by atoms with E-state index in [-0.39, 0.29) is 5.78 Å². The van der Waals surface area contributed by atoms with E-state index < -0.39 is 0 Å². The minimum absolute atomic E-state index is 0.0380. The zero-order valence-corrected chi connectivity index (χ0v) is 17.9. The number of nitrogens with zero attached hydrogens (tertiary/aromatic N) is 6. The van der Waals surface area contributed by atoms with Gasteiger partial charge in [0.15, 0.2) is 17.3 Å². The number of H-pyrrole nitrogens is 2. The molecule has 0 aliphatic rings. The molecule has 0 aliphatic carbocycles. The van der Waals surface area contributed by atoms with Crippen LogP contribution in [0.5, 0.6) is 0 Å². The zero-order valence-electron chi connectivity index (χ0n) is 17.1. The number of aromatic nitrogens is 8. The van der Waals surface area contributed by atoms with E-state index in [4.69, 9.17) is 4.98 Å². The molecule has 0 bridgehead atoms. The van der Waals surface area contributed by atoms with Crippen LogP contribution in [-0.2, 0) is 7.05 Å². The van der Waals surface area contributed by atoms with Crippen LogP contribution in [0.1, 0.15) is 16.6 Å². The maximum absolute atomic E-state index is 11.7. The Morgan fingerprint density at radius 1 is 1.09 bits per heavy atom. The topological polar surface area (TPSA) is 118 Å². The first-order valence-electron chi connectivity index (χ1n) is 9.86. The molecular weight excluding hydrogens is 424 g/mol. The largest absolute Gasteiger partial charge is 0.336 e. The lowest BCUT2D eigenvalue weighted by Crippen LogP contribution is -1.85. The number of hydrogen-bond donors (Lipinski definition) is 2. The van der Waals surface area contributed by atoms with Crippen LogP contribution in [0.15, 0.2) is 49.1 Å². The summed E-state index contributed by atoms with van der Waals surface area (Å²) in [5, 5.41) is 12.5. The number of nitrogens with one attached hydrogen (secondary N) is 2. The van der Waals surface area contributed by atoms with Gasteiger partial charge in [0.25, 0.3) is 0 Å². The van der Waals surface area contributed by atoms with Crippen LogP contribution >= 0.6 is 11.3 Å². The Morgan fingerprint density at radius 2 is 2.00 bits per heavy atom. The molecule has 156 valence electrons. The second-order valence-electron chi connectivity index (χ2n) is 7.46. The molecule has 6 heterocycles. The number of pyridine rings is 2. The van der Waals surface area contributed by atoms with Crippen molar-refractivity contribution in [3.63, 3.8) is 0 Å². The van der Waals surface area contributed by atoms with Crippen molar-refractivity contribution in [3.8, 4) is 33.2 Å². The molecule has 2 N–H and O–H groups in total. The molecule has 6 aromatic rings. The van der Waals surface area contributed by atoms with Gasteiger partial charge in [-0.1, -0.05) is 0 Å². The number of rotatable bonds is 4. The number of fused-ring (bicyclic) bond motifs is 2. The van der Waals surface area contributed by atoms with Crippen molar-refractivity contribution >= 4 is 39.2 Å². The number of hydrogen-bond acceptors (Lipinski definition) is 7. The van der Waals surface area contributed by atoms with Gasteiger partial charge in [0.2, 0.25) is 0 Å². The monoisotopic (exact) mass is 440 g/mol. The molecule has 0 saturated carbocycles. The lowest BCUT2D eigenvalue weighted by Gasteiger charge is -1.98. The van der Waals surface area contributed by atoms with Gasteiger partial charge in [0, 0.05) is 36.8 Å². The molecule has 0 unspecified atom stereocenters. The molecule has 0 aliphatic heterocycles. The molecule has 0 saturated heterocycles. The van der Waals surface area contributed by atoms with Crippen LogP contribution in [0.4, 0.5) is 0 Å². The predicted octanol–water partition coefficient (Wildman–Crippen LogP) is 4.23. The Hall–Kier alpha value is -4.18. The summed E-state index contributed by atoms with van der Waals surface area (Å²) in [5.41, 5.74) is 5.58. The number of carbonyl (C=O) groups excluding carboxylic acids is 1. The third kappa shape index (κ3) is 2.92. The molecule has 32 heavy (non-hydrogen) atoms. The Balaban J connectivity index is 1.49. The SMILES string of the molecule is CC(=O)c1ccc(-c2nccc3[nH]c(-c4n[nH]c5ncc(-c6cnn(C)c6)cc45)nc23)s1. The quantitative estimate of drug-likeness (QED) is 0.396. The standard InChI is InChI=1S/C22H16N8OS/c1-11(31)16-3-4-17(32-16)20-19-15(5-6-23-20)26-22(27-19)18-14-7-12(8-24-21(14)29-28-18)13-9-25-30(2)10-13/h3-10H,1-2H3,(H,26,27)(H,24,28,29). The third-order valence-corrected chi connectivity index (χ3v) is 6.46. The van der Waals surface area contributed by atoms with Gasteiger partial charge in [0.1, 0.15) is 16.9 Å². The Morgan fingerprint density at radius 3 is 2.78 bits per heavy atom. The van der Waals surface area contributed by atoms with Gasteiger partial charge in [-0.3, -0.25) is 19.6 Å². The minimum atomic E-state index is 0.0380. The van der Waals surface area contributed by atoms with E-state index in [9.17, 15) is 4.79 Å². The molecule has 0 spiro atoms. The van der Waals surface area contributed by atoms with Crippen molar-refractivity contribution < 1.29 is 4.79 Å². The van der Waals surface area contributed by atoms with Crippen LogP contribution in [0.25, 0.3) is 55.3 Å². The summed E-state index contributed by atoms with van der Waals surface area (Å²) in [4.78, 5) is 30.5. The van der Waals surface area contributed by atoms with E-state index in [1.807, 2.05) is 37.5 Å². The van der Waals surface area contributed by atoms with Gasteiger partial charge >= 0.3 is 0 Å². The first-order chi connectivity index (χ1) is 15.6. The highest BCUT2D eigenvalue weighted by Crippen LogP contribution is 2.34. The predicted molar refractivity (Wildman–Crippen MR) is 122 cm³/mol. The molecule has 9 nitrogen and oxygen atoms in total. The first-order valence-corrected chi connectivity index (χ1v) is 10.7. The Kier molecular flexibility index (Phi) is 4.02. The molecule has 10 heteroatoms. The van der Waals surface area contributed by atoms with E-state index in [1.165, 1.54) is 11.3 Å². The van der Waals surface area contributed by atoms with Crippen molar-refractivity contribution in [2.45, 2.75) is 6.92 Å². The Bertz CT molecular complexity index is 1640. The molecule has 0 amide bonds. The second kappa shape index (κ2) is 6.92. The van der Waals surface area contributed by atoms with E-state index in [0.717, 1.165) is 38.1 Å². The highest BCUT2D eigenvalue weighted by molar-refractivity contribution is 7.17. The molecule has 6 rings (SSSR count). The van der Waals surface area contributed by atoms with Crippen LogP contribution in [-0.4, -0.2) is 45.7 Å². The number of aryl methyl sites for hydroxylation is 1. The highest BCUT2D eigenvalue weighted by Gasteiger charge is 2.18. The van der Waals surface area contributed by atoms with Gasteiger partial charge in [-0.05, 0) is 31.2 Å². The number of Topliss-reactive ketones (excluding diaryl/α,β-unsaturated/α-hetero) is 1. The van der Waals surface area contributed by atoms with Crippen molar-refractivity contribution in [2.75, 3.05) is 0 Å². The zero-order chi connectivity index (χ0) is 21.8. The summed E-state index contributed by atoms with van der Waals surface area (Å²) in [6.45, 7) is 1.56. The molecule has 0 atom stereocenters. The smallest absolute Gasteiger partial charge is 0.169 e. The van der Waals surface area contributed by atoms with E-state index >= 15 is 0 Å².